The molecule has 1 saturated heterocycles. The molecular weight excluding hydrogens is 276 g/mol. The maximum absolute atomic E-state index is 11.7. The van der Waals surface area contributed by atoms with Gasteiger partial charge < -0.3 is 23.7 Å². The molecule has 0 aromatic rings. The Hall–Kier alpha value is -0.950. The summed E-state index contributed by atoms with van der Waals surface area (Å²) in [5.74, 6) is -2.52. The van der Waals surface area contributed by atoms with Crippen molar-refractivity contribution in [2.24, 2.45) is 0 Å². The normalized spacial score (nSPS) is 34.1. The molecule has 21 heavy (non-hydrogen) atoms. The summed E-state index contributed by atoms with van der Waals surface area (Å²) in [7, 11) is 3.04. The highest BCUT2D eigenvalue weighted by molar-refractivity contribution is 5.82. The fraction of sp³-hybridized carbons (Fsp3) is 0.800. The Morgan fingerprint density at radius 3 is 2.24 bits per heavy atom. The molecule has 6 nitrogen and oxygen atoms in total. The molecule has 6 heteroatoms. The summed E-state index contributed by atoms with van der Waals surface area (Å²) < 4.78 is 27.4. The van der Waals surface area contributed by atoms with E-state index in [0.29, 0.717) is 0 Å². The number of hydrogen-bond acceptors (Lipinski definition) is 6. The Bertz CT molecular complexity index is 399. The maximum Gasteiger partial charge on any atom is 0.331 e. The predicted octanol–water partition coefficient (Wildman–Crippen LogP) is 2.02. The minimum absolute atomic E-state index is 0.253. The molecule has 0 spiro atoms. The molecule has 1 rings (SSSR count). The molecule has 0 bridgehead atoms. The molecule has 1 aliphatic heterocycles. The lowest BCUT2D eigenvalue weighted by Crippen LogP contribution is -2.62. The van der Waals surface area contributed by atoms with Gasteiger partial charge in [-0.05, 0) is 40.7 Å². The summed E-state index contributed by atoms with van der Waals surface area (Å²) in [4.78, 5) is 11.7. The van der Waals surface area contributed by atoms with Gasteiger partial charge in [-0.25, -0.2) is 4.79 Å². The average Bonchev–Trinajstić information content (AvgIpc) is 2.38. The van der Waals surface area contributed by atoms with Crippen molar-refractivity contribution in [3.8, 4) is 0 Å². The lowest BCUT2D eigenvalue weighted by molar-refractivity contribution is -0.425. The van der Waals surface area contributed by atoms with E-state index >= 15 is 0 Å². The van der Waals surface area contributed by atoms with Gasteiger partial charge in [0.25, 0.3) is 0 Å². The molecule has 0 saturated carbocycles. The van der Waals surface area contributed by atoms with E-state index in [1.165, 1.54) is 20.3 Å². The van der Waals surface area contributed by atoms with Gasteiger partial charge >= 0.3 is 5.97 Å². The Morgan fingerprint density at radius 2 is 1.76 bits per heavy atom. The Balaban J connectivity index is 2.70. The molecule has 0 aliphatic carbocycles. The van der Waals surface area contributed by atoms with Crippen molar-refractivity contribution < 1.29 is 28.5 Å². The Labute approximate surface area is 126 Å². The molecule has 3 atom stereocenters. The smallest absolute Gasteiger partial charge is 0.331 e. The Kier molecular flexibility index (Phi) is 5.55. The third-order valence-electron chi connectivity index (χ3n) is 3.36. The van der Waals surface area contributed by atoms with E-state index in [1.807, 2.05) is 20.8 Å². The SMILES string of the molecule is CO[C@@]1(C)OC[C@H](/C=C/C(=O)OC(C)(C)C)O[C@]1(C)OC. The summed E-state index contributed by atoms with van der Waals surface area (Å²) in [6.07, 6.45) is 2.51. The van der Waals surface area contributed by atoms with Crippen LogP contribution in [0.25, 0.3) is 0 Å². The van der Waals surface area contributed by atoms with E-state index in [9.17, 15) is 4.79 Å². The van der Waals surface area contributed by atoms with Crippen LogP contribution in [-0.2, 0) is 28.5 Å². The van der Waals surface area contributed by atoms with E-state index in [2.05, 4.69) is 0 Å². The van der Waals surface area contributed by atoms with Gasteiger partial charge in [-0.1, -0.05) is 0 Å². The van der Waals surface area contributed by atoms with Crippen LogP contribution >= 0.6 is 0 Å². The quantitative estimate of drug-likeness (QED) is 0.585. The highest BCUT2D eigenvalue weighted by Crippen LogP contribution is 2.36. The fourth-order valence-corrected chi connectivity index (χ4v) is 1.90. The van der Waals surface area contributed by atoms with Crippen molar-refractivity contribution >= 4 is 5.97 Å². The molecule has 1 heterocycles. The van der Waals surface area contributed by atoms with Crippen molar-refractivity contribution in [1.29, 1.82) is 0 Å². The summed E-state index contributed by atoms with van der Waals surface area (Å²) in [5.41, 5.74) is -0.527. The first-order chi connectivity index (χ1) is 9.55. The van der Waals surface area contributed by atoms with Crippen LogP contribution in [0, 0.1) is 0 Å². The second-order valence-corrected chi connectivity index (χ2v) is 6.16. The largest absolute Gasteiger partial charge is 0.457 e. The number of hydrogen-bond donors (Lipinski definition) is 0. The molecule has 0 amide bonds. The number of carbonyl (C=O) groups excluding carboxylic acids is 1. The van der Waals surface area contributed by atoms with Crippen LogP contribution in [0.15, 0.2) is 12.2 Å². The topological polar surface area (TPSA) is 63.2 Å². The molecule has 1 aliphatic rings. The number of esters is 1. The van der Waals surface area contributed by atoms with Crippen LogP contribution in [0.5, 0.6) is 0 Å². The van der Waals surface area contributed by atoms with Gasteiger partial charge in [0, 0.05) is 20.3 Å². The highest BCUT2D eigenvalue weighted by Gasteiger charge is 2.53. The molecule has 0 unspecified atom stereocenters. The van der Waals surface area contributed by atoms with Gasteiger partial charge in [-0.3, -0.25) is 0 Å². The van der Waals surface area contributed by atoms with Crippen molar-refractivity contribution in [2.45, 2.75) is 57.9 Å². The minimum Gasteiger partial charge on any atom is -0.457 e. The number of methoxy groups -OCH3 is 2. The van der Waals surface area contributed by atoms with Crippen molar-refractivity contribution in [2.75, 3.05) is 20.8 Å². The van der Waals surface area contributed by atoms with Gasteiger partial charge in [0.1, 0.15) is 11.7 Å². The van der Waals surface area contributed by atoms with E-state index in [1.54, 1.807) is 19.9 Å². The molecule has 0 N–H and O–H groups in total. The molecule has 1 fully saturated rings. The number of ether oxygens (including phenoxy) is 5. The number of carbonyl (C=O) groups is 1. The summed E-state index contributed by atoms with van der Waals surface area (Å²) in [6, 6.07) is 0. The zero-order valence-electron chi connectivity index (χ0n) is 13.9. The van der Waals surface area contributed by atoms with Gasteiger partial charge in [0.15, 0.2) is 0 Å². The van der Waals surface area contributed by atoms with Gasteiger partial charge in [-0.15, -0.1) is 0 Å². The van der Waals surface area contributed by atoms with Gasteiger partial charge in [-0.2, -0.15) is 0 Å². The highest BCUT2D eigenvalue weighted by atomic mass is 16.8. The molecule has 0 radical (unpaired) electrons. The zero-order chi connectivity index (χ0) is 16.3. The van der Waals surface area contributed by atoms with Crippen LogP contribution in [0.2, 0.25) is 0 Å². The average molecular weight is 302 g/mol. The Morgan fingerprint density at radius 1 is 1.19 bits per heavy atom. The third kappa shape index (κ3) is 4.51. The summed E-state index contributed by atoms with van der Waals surface area (Å²) in [6.45, 7) is 9.15. The second-order valence-electron chi connectivity index (χ2n) is 6.16. The molecule has 0 aromatic carbocycles. The van der Waals surface area contributed by atoms with Gasteiger partial charge in [0.2, 0.25) is 11.6 Å². The van der Waals surface area contributed by atoms with Gasteiger partial charge in [0.05, 0.1) is 6.61 Å². The summed E-state index contributed by atoms with van der Waals surface area (Å²) >= 11 is 0. The molecule has 122 valence electrons. The monoisotopic (exact) mass is 302 g/mol. The zero-order valence-corrected chi connectivity index (χ0v) is 13.9. The summed E-state index contributed by atoms with van der Waals surface area (Å²) in [5, 5.41) is 0. The molecular formula is C15H26O6. The molecule has 0 aromatic heterocycles. The van der Waals surface area contributed by atoms with Crippen LogP contribution < -0.4 is 0 Å². The number of rotatable bonds is 4. The maximum atomic E-state index is 11.7. The standard InChI is InChI=1S/C15H26O6/c1-13(2,3)21-12(16)9-8-11-10-19-14(4,17-6)15(5,18-7)20-11/h8-9,11H,10H2,1-7H3/b9-8+/t11-,14-,15-/m0/s1. The van der Waals surface area contributed by atoms with Crippen LogP contribution in [0.3, 0.4) is 0 Å². The lowest BCUT2D eigenvalue weighted by Gasteiger charge is -2.48. The lowest BCUT2D eigenvalue weighted by atomic mass is 10.1. The van der Waals surface area contributed by atoms with Crippen LogP contribution in [0.1, 0.15) is 34.6 Å². The minimum atomic E-state index is -1.08. The van der Waals surface area contributed by atoms with E-state index < -0.39 is 29.2 Å². The predicted molar refractivity (Wildman–Crippen MR) is 76.6 cm³/mol. The van der Waals surface area contributed by atoms with Crippen molar-refractivity contribution in [3.05, 3.63) is 12.2 Å². The van der Waals surface area contributed by atoms with Crippen molar-refractivity contribution in [1.82, 2.24) is 0 Å². The first-order valence-corrected chi connectivity index (χ1v) is 6.88. The first-order valence-electron chi connectivity index (χ1n) is 6.88. The van der Waals surface area contributed by atoms with Crippen LogP contribution in [-0.4, -0.2) is 50.1 Å². The van der Waals surface area contributed by atoms with Crippen LogP contribution in [0.4, 0.5) is 0 Å². The van der Waals surface area contributed by atoms with Crippen molar-refractivity contribution in [3.63, 3.8) is 0 Å². The second kappa shape index (κ2) is 6.44. The van der Waals surface area contributed by atoms with E-state index in [-0.39, 0.29) is 6.61 Å². The van der Waals surface area contributed by atoms with E-state index in [0.717, 1.165) is 0 Å². The fourth-order valence-electron chi connectivity index (χ4n) is 1.90. The first kappa shape index (κ1) is 18.1. The van der Waals surface area contributed by atoms with E-state index in [4.69, 9.17) is 23.7 Å². The third-order valence-corrected chi connectivity index (χ3v) is 3.36.